The molecule has 4 heteroatoms. The number of aromatic nitrogens is 1. The molecule has 1 heterocycles. The molecule has 114 valence electrons. The molecule has 0 fully saturated rings. The Hall–Kier alpha value is -1.23. The second-order valence-corrected chi connectivity index (χ2v) is 5.92. The lowest BCUT2D eigenvalue weighted by Gasteiger charge is -2.17. The van der Waals surface area contributed by atoms with E-state index in [-0.39, 0.29) is 6.10 Å². The molecule has 2 rings (SSSR count). The van der Waals surface area contributed by atoms with Crippen LogP contribution in [0.2, 0.25) is 0 Å². The van der Waals surface area contributed by atoms with Crippen LogP contribution >= 0.6 is 11.3 Å². The Bertz CT molecular complexity index is 523. The van der Waals surface area contributed by atoms with Gasteiger partial charge in [-0.05, 0) is 18.5 Å². The van der Waals surface area contributed by atoms with E-state index < -0.39 is 0 Å². The van der Waals surface area contributed by atoms with Gasteiger partial charge in [-0.3, -0.25) is 0 Å². The molecule has 1 aromatic heterocycles. The molecule has 0 amide bonds. The Labute approximate surface area is 131 Å². The van der Waals surface area contributed by atoms with E-state index in [0.717, 1.165) is 30.1 Å². The summed E-state index contributed by atoms with van der Waals surface area (Å²) >= 11 is 1.70. The Morgan fingerprint density at radius 3 is 2.62 bits per heavy atom. The van der Waals surface area contributed by atoms with Crippen molar-refractivity contribution in [3.8, 4) is 0 Å². The molecule has 1 aromatic carbocycles. The standard InChI is InChI=1S/C17H24N2OS/c1-4-16(20-3)17-19-14(12-21-17)11-15(18-5-2)13-9-7-6-8-10-13/h6-10,12,15-16,18H,4-5,11H2,1-3H3. The summed E-state index contributed by atoms with van der Waals surface area (Å²) in [4.78, 5) is 4.75. The van der Waals surface area contributed by atoms with Crippen molar-refractivity contribution in [2.75, 3.05) is 13.7 Å². The normalized spacial score (nSPS) is 14.0. The van der Waals surface area contributed by atoms with E-state index >= 15 is 0 Å². The quantitative estimate of drug-likeness (QED) is 0.796. The molecule has 0 bridgehead atoms. The van der Waals surface area contributed by atoms with Crippen LogP contribution in [0.25, 0.3) is 0 Å². The van der Waals surface area contributed by atoms with Gasteiger partial charge in [0.2, 0.25) is 0 Å². The molecule has 2 atom stereocenters. The van der Waals surface area contributed by atoms with Crippen molar-refractivity contribution in [3.05, 3.63) is 52.0 Å². The predicted molar refractivity (Wildman–Crippen MR) is 88.7 cm³/mol. The van der Waals surface area contributed by atoms with Crippen molar-refractivity contribution >= 4 is 11.3 Å². The highest BCUT2D eigenvalue weighted by atomic mass is 32.1. The number of rotatable bonds is 8. The van der Waals surface area contributed by atoms with Crippen LogP contribution in [0.3, 0.4) is 0 Å². The molecule has 2 unspecified atom stereocenters. The Balaban J connectivity index is 2.11. The third kappa shape index (κ3) is 4.37. The van der Waals surface area contributed by atoms with Crippen LogP contribution in [-0.2, 0) is 11.2 Å². The lowest BCUT2D eigenvalue weighted by atomic mass is 10.0. The molecule has 0 aliphatic rings. The summed E-state index contributed by atoms with van der Waals surface area (Å²) in [5.41, 5.74) is 2.45. The van der Waals surface area contributed by atoms with Crippen LogP contribution in [0.5, 0.6) is 0 Å². The molecule has 0 spiro atoms. The van der Waals surface area contributed by atoms with E-state index in [1.54, 1.807) is 18.4 Å². The van der Waals surface area contributed by atoms with Gasteiger partial charge in [-0.25, -0.2) is 4.98 Å². The highest BCUT2D eigenvalue weighted by Gasteiger charge is 2.16. The first kappa shape index (κ1) is 16.1. The summed E-state index contributed by atoms with van der Waals surface area (Å²) in [6, 6.07) is 10.9. The average molecular weight is 304 g/mol. The first-order chi connectivity index (χ1) is 10.3. The molecule has 2 aromatic rings. The maximum Gasteiger partial charge on any atom is 0.122 e. The zero-order valence-electron chi connectivity index (χ0n) is 13.0. The fourth-order valence-corrected chi connectivity index (χ4v) is 3.45. The van der Waals surface area contributed by atoms with Gasteiger partial charge in [-0.2, -0.15) is 0 Å². The van der Waals surface area contributed by atoms with Crippen LogP contribution in [0.15, 0.2) is 35.7 Å². The van der Waals surface area contributed by atoms with Crippen LogP contribution < -0.4 is 5.32 Å². The molecule has 21 heavy (non-hydrogen) atoms. The second-order valence-electron chi connectivity index (χ2n) is 5.03. The van der Waals surface area contributed by atoms with Crippen LogP contribution in [-0.4, -0.2) is 18.6 Å². The minimum atomic E-state index is 0.123. The number of nitrogens with one attached hydrogen (secondary N) is 1. The number of likely N-dealkylation sites (N-methyl/N-ethyl adjacent to an activating group) is 1. The monoisotopic (exact) mass is 304 g/mol. The molecule has 3 nitrogen and oxygen atoms in total. The van der Waals surface area contributed by atoms with Crippen molar-refractivity contribution in [3.63, 3.8) is 0 Å². The van der Waals surface area contributed by atoms with Crippen molar-refractivity contribution < 1.29 is 4.74 Å². The Morgan fingerprint density at radius 2 is 2.00 bits per heavy atom. The third-order valence-corrected chi connectivity index (χ3v) is 4.55. The molecule has 0 aliphatic carbocycles. The first-order valence-electron chi connectivity index (χ1n) is 7.53. The summed E-state index contributed by atoms with van der Waals surface area (Å²) in [6.45, 7) is 5.22. The molecular weight excluding hydrogens is 280 g/mol. The molecule has 0 radical (unpaired) electrons. The zero-order valence-corrected chi connectivity index (χ0v) is 13.8. The van der Waals surface area contributed by atoms with Crippen molar-refractivity contribution in [2.45, 2.75) is 38.8 Å². The van der Waals surface area contributed by atoms with Crippen molar-refractivity contribution in [1.29, 1.82) is 0 Å². The summed E-state index contributed by atoms with van der Waals surface area (Å²) in [5, 5.41) is 6.79. The molecule has 0 aliphatic heterocycles. The van der Waals surface area contributed by atoms with E-state index in [1.165, 1.54) is 5.56 Å². The van der Waals surface area contributed by atoms with Crippen LogP contribution in [0, 0.1) is 0 Å². The van der Waals surface area contributed by atoms with Crippen molar-refractivity contribution in [1.82, 2.24) is 10.3 Å². The van der Waals surface area contributed by atoms with Crippen LogP contribution in [0.1, 0.15) is 48.7 Å². The molecule has 0 saturated heterocycles. The number of ether oxygens (including phenoxy) is 1. The van der Waals surface area contributed by atoms with E-state index in [9.17, 15) is 0 Å². The highest BCUT2D eigenvalue weighted by Crippen LogP contribution is 2.26. The molecule has 0 saturated carbocycles. The van der Waals surface area contributed by atoms with E-state index in [1.807, 2.05) is 0 Å². The van der Waals surface area contributed by atoms with E-state index in [4.69, 9.17) is 9.72 Å². The summed E-state index contributed by atoms with van der Waals surface area (Å²) in [5.74, 6) is 0. The lowest BCUT2D eigenvalue weighted by Crippen LogP contribution is -2.23. The van der Waals surface area contributed by atoms with Gasteiger partial charge in [-0.15, -0.1) is 11.3 Å². The van der Waals surface area contributed by atoms with Crippen LogP contribution in [0.4, 0.5) is 0 Å². The smallest absolute Gasteiger partial charge is 0.122 e. The fourth-order valence-electron chi connectivity index (χ4n) is 2.46. The summed E-state index contributed by atoms with van der Waals surface area (Å²) < 4.78 is 5.47. The maximum absolute atomic E-state index is 5.47. The topological polar surface area (TPSA) is 34.1 Å². The first-order valence-corrected chi connectivity index (χ1v) is 8.41. The summed E-state index contributed by atoms with van der Waals surface area (Å²) in [6.07, 6.45) is 1.99. The lowest BCUT2D eigenvalue weighted by molar-refractivity contribution is 0.0996. The number of thiazole rings is 1. The average Bonchev–Trinajstić information content (AvgIpc) is 2.97. The minimum Gasteiger partial charge on any atom is -0.374 e. The Morgan fingerprint density at radius 1 is 1.24 bits per heavy atom. The number of nitrogens with zero attached hydrogens (tertiary/aromatic N) is 1. The number of methoxy groups -OCH3 is 1. The number of benzene rings is 1. The summed E-state index contributed by atoms with van der Waals surface area (Å²) in [7, 11) is 1.75. The van der Waals surface area contributed by atoms with Gasteiger partial charge in [0.15, 0.2) is 0 Å². The van der Waals surface area contributed by atoms with Gasteiger partial charge in [0.05, 0.1) is 5.69 Å². The third-order valence-electron chi connectivity index (χ3n) is 3.57. The van der Waals surface area contributed by atoms with Crippen molar-refractivity contribution in [2.24, 2.45) is 0 Å². The van der Waals surface area contributed by atoms with E-state index in [2.05, 4.69) is 54.9 Å². The highest BCUT2D eigenvalue weighted by molar-refractivity contribution is 7.09. The molecular formula is C17H24N2OS. The van der Waals surface area contributed by atoms with Gasteiger partial charge in [-0.1, -0.05) is 44.2 Å². The number of hydrogen-bond donors (Lipinski definition) is 1. The van der Waals surface area contributed by atoms with E-state index in [0.29, 0.717) is 6.04 Å². The largest absolute Gasteiger partial charge is 0.374 e. The van der Waals surface area contributed by atoms with Gasteiger partial charge in [0.25, 0.3) is 0 Å². The van der Waals surface area contributed by atoms with Gasteiger partial charge < -0.3 is 10.1 Å². The SMILES string of the molecule is CCNC(Cc1csc(C(CC)OC)n1)c1ccccc1. The maximum atomic E-state index is 5.47. The van der Waals surface area contributed by atoms with Gasteiger partial charge in [0.1, 0.15) is 11.1 Å². The second kappa shape index (κ2) is 8.27. The number of hydrogen-bond acceptors (Lipinski definition) is 4. The molecule has 1 N–H and O–H groups in total. The fraction of sp³-hybridized carbons (Fsp3) is 0.471. The predicted octanol–water partition coefficient (Wildman–Crippen LogP) is 4.13. The Kier molecular flexibility index (Phi) is 6.36. The zero-order chi connectivity index (χ0) is 15.1. The minimum absolute atomic E-state index is 0.123. The van der Waals surface area contributed by atoms with Gasteiger partial charge in [0, 0.05) is 25.0 Å². The van der Waals surface area contributed by atoms with Gasteiger partial charge >= 0.3 is 0 Å².